The molecule has 4 heteroatoms. The number of carbonyl (C=O) groups is 1. The minimum atomic E-state index is 0.707. The molecule has 2 heterocycles. The molecule has 5 aromatic rings. The summed E-state index contributed by atoms with van der Waals surface area (Å²) < 4.78 is 3.49. The first kappa shape index (κ1) is 15.3. The summed E-state index contributed by atoms with van der Waals surface area (Å²) in [5, 5.41) is 3.31. The van der Waals surface area contributed by atoms with Crippen molar-refractivity contribution < 1.29 is 4.79 Å². The molecule has 0 radical (unpaired) electrons. The third-order valence-corrected chi connectivity index (χ3v) is 5.97. The Morgan fingerprint density at radius 1 is 1.00 bits per heavy atom. The second kappa shape index (κ2) is 5.78. The van der Waals surface area contributed by atoms with Gasteiger partial charge in [-0.2, -0.15) is 0 Å². The van der Waals surface area contributed by atoms with Crippen LogP contribution in [0.3, 0.4) is 0 Å². The average Bonchev–Trinajstić information content (AvgIpc) is 3.25. The fourth-order valence-corrected chi connectivity index (χ4v) is 4.63. The summed E-state index contributed by atoms with van der Waals surface area (Å²) in [7, 11) is 0. The molecule has 0 saturated heterocycles. The van der Waals surface area contributed by atoms with E-state index in [1.165, 1.54) is 15.6 Å². The number of fused-ring (bicyclic) bond motifs is 4. The third kappa shape index (κ3) is 2.19. The Labute approximate surface area is 154 Å². The van der Waals surface area contributed by atoms with Gasteiger partial charge in [-0.15, -0.1) is 11.3 Å². The Morgan fingerprint density at radius 2 is 1.77 bits per heavy atom. The Morgan fingerprint density at radius 3 is 2.54 bits per heavy atom. The lowest BCUT2D eigenvalue weighted by molar-refractivity contribution is 0.112. The van der Waals surface area contributed by atoms with Gasteiger partial charge in [0.25, 0.3) is 0 Å². The van der Waals surface area contributed by atoms with E-state index in [0.29, 0.717) is 5.56 Å². The lowest BCUT2D eigenvalue weighted by Crippen LogP contribution is -1.92. The number of aldehydes is 1. The van der Waals surface area contributed by atoms with Crippen molar-refractivity contribution >= 4 is 49.6 Å². The SMILES string of the molecule is CCn1c2ccc(C=O)cc2c2cc(-c3nc4ccccc4s3)ccc21. The minimum Gasteiger partial charge on any atom is -0.341 e. The van der Waals surface area contributed by atoms with E-state index >= 15 is 0 Å². The molecule has 0 aliphatic rings. The van der Waals surface area contributed by atoms with Crippen LogP contribution < -0.4 is 0 Å². The van der Waals surface area contributed by atoms with Crippen molar-refractivity contribution in [3.05, 3.63) is 66.2 Å². The van der Waals surface area contributed by atoms with Gasteiger partial charge < -0.3 is 4.57 Å². The lowest BCUT2D eigenvalue weighted by Gasteiger charge is -2.03. The topological polar surface area (TPSA) is 34.9 Å². The Kier molecular flexibility index (Phi) is 3.40. The van der Waals surface area contributed by atoms with E-state index < -0.39 is 0 Å². The van der Waals surface area contributed by atoms with Gasteiger partial charge in [-0.1, -0.05) is 12.1 Å². The number of para-hydroxylation sites is 1. The maximum atomic E-state index is 11.2. The molecule has 126 valence electrons. The largest absolute Gasteiger partial charge is 0.341 e. The monoisotopic (exact) mass is 356 g/mol. The molecule has 0 atom stereocenters. The predicted octanol–water partition coefficient (Wildman–Crippen LogP) is 5.90. The van der Waals surface area contributed by atoms with Crippen LogP contribution in [0.15, 0.2) is 60.7 Å². The fourth-order valence-electron chi connectivity index (χ4n) is 3.66. The van der Waals surface area contributed by atoms with E-state index in [-0.39, 0.29) is 0 Å². The van der Waals surface area contributed by atoms with Gasteiger partial charge in [0.2, 0.25) is 0 Å². The maximum Gasteiger partial charge on any atom is 0.150 e. The highest BCUT2D eigenvalue weighted by molar-refractivity contribution is 7.21. The zero-order valence-corrected chi connectivity index (χ0v) is 15.1. The summed E-state index contributed by atoms with van der Waals surface area (Å²) in [6, 6.07) is 20.6. The zero-order chi connectivity index (χ0) is 17.7. The summed E-state index contributed by atoms with van der Waals surface area (Å²) in [5.74, 6) is 0. The molecule has 0 aliphatic carbocycles. The van der Waals surface area contributed by atoms with E-state index in [1.807, 2.05) is 36.4 Å². The molecule has 3 nitrogen and oxygen atoms in total. The summed E-state index contributed by atoms with van der Waals surface area (Å²) in [6.45, 7) is 3.04. The number of aryl methyl sites for hydroxylation is 1. The average molecular weight is 356 g/mol. The Bertz CT molecular complexity index is 1260. The summed E-state index contributed by atoms with van der Waals surface area (Å²) in [5.41, 5.74) is 5.21. The number of rotatable bonds is 3. The predicted molar refractivity (Wildman–Crippen MR) is 109 cm³/mol. The molecule has 0 bridgehead atoms. The molecule has 26 heavy (non-hydrogen) atoms. The van der Waals surface area contributed by atoms with Gasteiger partial charge in [0.1, 0.15) is 11.3 Å². The van der Waals surface area contributed by atoms with Crippen LogP contribution in [0.5, 0.6) is 0 Å². The highest BCUT2D eigenvalue weighted by Crippen LogP contribution is 2.35. The molecular formula is C22H16N2OS. The van der Waals surface area contributed by atoms with Crippen LogP contribution in [0.2, 0.25) is 0 Å². The highest BCUT2D eigenvalue weighted by atomic mass is 32.1. The second-order valence-electron chi connectivity index (χ2n) is 6.36. The standard InChI is InChI=1S/C22H16N2OS/c1-2-24-19-9-7-14(13-25)11-16(19)17-12-15(8-10-20(17)24)22-23-18-5-3-4-6-21(18)26-22/h3-13H,2H2,1H3. The van der Waals surface area contributed by atoms with E-state index in [2.05, 4.69) is 35.8 Å². The summed E-state index contributed by atoms with van der Waals surface area (Å²) in [4.78, 5) is 16.0. The molecule has 3 aromatic carbocycles. The molecule has 0 N–H and O–H groups in total. The third-order valence-electron chi connectivity index (χ3n) is 4.88. The van der Waals surface area contributed by atoms with Crippen LogP contribution in [-0.2, 0) is 6.54 Å². The molecule has 0 amide bonds. The summed E-state index contributed by atoms with van der Waals surface area (Å²) >= 11 is 1.71. The lowest BCUT2D eigenvalue weighted by atomic mass is 10.1. The molecule has 0 fully saturated rings. The number of thiazole rings is 1. The van der Waals surface area contributed by atoms with Crippen molar-refractivity contribution in [1.29, 1.82) is 0 Å². The van der Waals surface area contributed by atoms with Crippen molar-refractivity contribution in [2.24, 2.45) is 0 Å². The Balaban J connectivity index is 1.80. The van der Waals surface area contributed by atoms with E-state index in [9.17, 15) is 4.79 Å². The van der Waals surface area contributed by atoms with Crippen LogP contribution in [0.4, 0.5) is 0 Å². The summed E-state index contributed by atoms with van der Waals surface area (Å²) in [6.07, 6.45) is 0.909. The first-order chi connectivity index (χ1) is 12.8. The van der Waals surface area contributed by atoms with Crippen molar-refractivity contribution in [2.45, 2.75) is 13.5 Å². The van der Waals surface area contributed by atoms with Gasteiger partial charge in [-0.3, -0.25) is 4.79 Å². The van der Waals surface area contributed by atoms with Crippen LogP contribution in [0.25, 0.3) is 42.6 Å². The van der Waals surface area contributed by atoms with Crippen LogP contribution in [0, 0.1) is 0 Å². The highest BCUT2D eigenvalue weighted by Gasteiger charge is 2.13. The van der Waals surface area contributed by atoms with Crippen LogP contribution >= 0.6 is 11.3 Å². The van der Waals surface area contributed by atoms with Gasteiger partial charge in [-0.05, 0) is 55.5 Å². The molecule has 0 aliphatic heterocycles. The molecule has 0 saturated carbocycles. The maximum absolute atomic E-state index is 11.2. The van der Waals surface area contributed by atoms with Gasteiger partial charge >= 0.3 is 0 Å². The molecular weight excluding hydrogens is 340 g/mol. The first-order valence-electron chi connectivity index (χ1n) is 8.65. The number of hydrogen-bond donors (Lipinski definition) is 0. The molecule has 5 rings (SSSR count). The molecule has 0 unspecified atom stereocenters. The van der Waals surface area contributed by atoms with Crippen molar-refractivity contribution in [3.8, 4) is 10.6 Å². The van der Waals surface area contributed by atoms with Crippen molar-refractivity contribution in [1.82, 2.24) is 9.55 Å². The van der Waals surface area contributed by atoms with Gasteiger partial charge in [0, 0.05) is 39.5 Å². The number of hydrogen-bond acceptors (Lipinski definition) is 3. The first-order valence-corrected chi connectivity index (χ1v) is 9.47. The normalized spacial score (nSPS) is 11.6. The van der Waals surface area contributed by atoms with E-state index in [1.54, 1.807) is 11.3 Å². The van der Waals surface area contributed by atoms with Gasteiger partial charge in [-0.25, -0.2) is 4.98 Å². The number of aromatic nitrogens is 2. The van der Waals surface area contributed by atoms with Crippen LogP contribution in [-0.4, -0.2) is 15.8 Å². The number of carbonyl (C=O) groups excluding carboxylic acids is 1. The van der Waals surface area contributed by atoms with E-state index in [4.69, 9.17) is 4.98 Å². The molecule has 0 spiro atoms. The number of nitrogens with zero attached hydrogens (tertiary/aromatic N) is 2. The van der Waals surface area contributed by atoms with Crippen molar-refractivity contribution in [3.63, 3.8) is 0 Å². The van der Waals surface area contributed by atoms with Crippen LogP contribution in [0.1, 0.15) is 17.3 Å². The van der Waals surface area contributed by atoms with Crippen molar-refractivity contribution in [2.75, 3.05) is 0 Å². The van der Waals surface area contributed by atoms with E-state index in [0.717, 1.165) is 39.8 Å². The smallest absolute Gasteiger partial charge is 0.150 e. The molecule has 2 aromatic heterocycles. The van der Waals surface area contributed by atoms with Gasteiger partial charge in [0.15, 0.2) is 0 Å². The Hall–Kier alpha value is -2.98. The second-order valence-corrected chi connectivity index (χ2v) is 7.39. The fraction of sp³-hybridized carbons (Fsp3) is 0.0909. The minimum absolute atomic E-state index is 0.707. The zero-order valence-electron chi connectivity index (χ0n) is 14.3. The van der Waals surface area contributed by atoms with Gasteiger partial charge in [0.05, 0.1) is 10.2 Å². The number of benzene rings is 3. The quantitative estimate of drug-likeness (QED) is 0.377.